The van der Waals surface area contributed by atoms with E-state index >= 15 is 0 Å². The minimum Gasteiger partial charge on any atom is -0.300 e. The summed E-state index contributed by atoms with van der Waals surface area (Å²) in [5.41, 5.74) is 0. The molecule has 0 aliphatic heterocycles. The Balaban J connectivity index is 3.92. The molecule has 0 rings (SSSR count). The molecule has 0 aliphatic rings. The quantitative estimate of drug-likeness (QED) is 0.681. The van der Waals surface area contributed by atoms with Gasteiger partial charge in [0.1, 0.15) is 0 Å². The fourth-order valence-electron chi connectivity index (χ4n) is 1.25. The summed E-state index contributed by atoms with van der Waals surface area (Å²) in [6, 6.07) is 0.254. The average Bonchev–Trinajstić information content (AvgIpc) is 2.02. The van der Waals surface area contributed by atoms with Crippen LogP contribution in [0.25, 0.3) is 0 Å². The van der Waals surface area contributed by atoms with Crippen molar-refractivity contribution in [3.63, 3.8) is 0 Å². The third-order valence-electron chi connectivity index (χ3n) is 2.08. The largest absolute Gasteiger partial charge is 0.300 e. The molecule has 0 heterocycles. The molecule has 0 amide bonds. The van der Waals surface area contributed by atoms with Crippen molar-refractivity contribution in [3.8, 4) is 0 Å². The predicted octanol–water partition coefficient (Wildman–Crippen LogP) is 0.266. The minimum absolute atomic E-state index is 0.254. The highest BCUT2D eigenvalue weighted by Crippen LogP contribution is 1.96. The summed E-state index contributed by atoms with van der Waals surface area (Å²) in [7, 11) is -3.05. The fraction of sp³-hybridized carbons (Fsp3) is 1.00. The van der Waals surface area contributed by atoms with Crippen molar-refractivity contribution in [2.24, 2.45) is 0 Å². The number of sulfonamides is 1. The lowest BCUT2D eigenvalue weighted by Crippen LogP contribution is -2.41. The molecule has 0 aliphatic carbocycles. The van der Waals surface area contributed by atoms with Crippen LogP contribution in [0.5, 0.6) is 0 Å². The summed E-state index contributed by atoms with van der Waals surface area (Å²) in [5.74, 6) is 0. The molecule has 0 spiro atoms. The zero-order chi connectivity index (χ0) is 10.5. The number of hydrogen-bond donors (Lipinski definition) is 1. The van der Waals surface area contributed by atoms with Crippen LogP contribution >= 0.6 is 0 Å². The van der Waals surface area contributed by atoms with Crippen molar-refractivity contribution in [1.82, 2.24) is 9.62 Å². The molecular weight excluding hydrogens is 188 g/mol. The Morgan fingerprint density at radius 2 is 1.77 bits per heavy atom. The van der Waals surface area contributed by atoms with Gasteiger partial charge < -0.3 is 0 Å². The van der Waals surface area contributed by atoms with Gasteiger partial charge in [0.05, 0.1) is 6.26 Å². The van der Waals surface area contributed by atoms with Gasteiger partial charge in [-0.05, 0) is 20.0 Å². The molecule has 1 unspecified atom stereocenters. The van der Waals surface area contributed by atoms with E-state index < -0.39 is 10.0 Å². The predicted molar refractivity (Wildman–Crippen MR) is 55.2 cm³/mol. The van der Waals surface area contributed by atoms with Gasteiger partial charge in [-0.1, -0.05) is 13.8 Å². The molecule has 0 aromatic carbocycles. The minimum atomic E-state index is -3.05. The third-order valence-corrected chi connectivity index (χ3v) is 2.77. The Bertz CT molecular complexity index is 222. The molecule has 1 atom stereocenters. The van der Waals surface area contributed by atoms with E-state index in [-0.39, 0.29) is 6.04 Å². The SMILES string of the molecule is CCN(CC)C(C)CNS(C)(=O)=O. The van der Waals surface area contributed by atoms with Crippen LogP contribution in [0.1, 0.15) is 20.8 Å². The van der Waals surface area contributed by atoms with E-state index in [1.54, 1.807) is 0 Å². The summed E-state index contributed by atoms with van der Waals surface area (Å²) < 4.78 is 24.1. The molecule has 0 saturated carbocycles. The second-order valence-electron chi connectivity index (χ2n) is 3.19. The first-order valence-electron chi connectivity index (χ1n) is 4.59. The van der Waals surface area contributed by atoms with Crippen LogP contribution in [0.4, 0.5) is 0 Å². The normalized spacial score (nSPS) is 14.8. The molecule has 80 valence electrons. The van der Waals surface area contributed by atoms with E-state index in [1.165, 1.54) is 6.26 Å². The topological polar surface area (TPSA) is 49.4 Å². The molecule has 0 aromatic heterocycles. The molecule has 0 fully saturated rings. The maximum Gasteiger partial charge on any atom is 0.208 e. The molecular formula is C8H20N2O2S. The lowest BCUT2D eigenvalue weighted by atomic mass is 10.3. The number of rotatable bonds is 6. The Kier molecular flexibility index (Phi) is 5.51. The highest BCUT2D eigenvalue weighted by molar-refractivity contribution is 7.88. The lowest BCUT2D eigenvalue weighted by molar-refractivity contribution is 0.232. The smallest absolute Gasteiger partial charge is 0.208 e. The van der Waals surface area contributed by atoms with Gasteiger partial charge in [-0.3, -0.25) is 4.90 Å². The zero-order valence-electron chi connectivity index (χ0n) is 8.87. The third kappa shape index (κ3) is 6.01. The van der Waals surface area contributed by atoms with Crippen molar-refractivity contribution < 1.29 is 8.42 Å². The van der Waals surface area contributed by atoms with Gasteiger partial charge in [-0.2, -0.15) is 0 Å². The van der Waals surface area contributed by atoms with Crippen molar-refractivity contribution in [2.45, 2.75) is 26.8 Å². The molecule has 0 aromatic rings. The summed E-state index contributed by atoms with van der Waals surface area (Å²) in [6.07, 6.45) is 1.18. The van der Waals surface area contributed by atoms with Gasteiger partial charge in [0, 0.05) is 12.6 Å². The van der Waals surface area contributed by atoms with Crippen molar-refractivity contribution in [3.05, 3.63) is 0 Å². The highest BCUT2D eigenvalue weighted by Gasteiger charge is 2.11. The second-order valence-corrected chi connectivity index (χ2v) is 5.02. The summed E-state index contributed by atoms with van der Waals surface area (Å²) in [5, 5.41) is 0. The van der Waals surface area contributed by atoms with Gasteiger partial charge >= 0.3 is 0 Å². The number of nitrogens with zero attached hydrogens (tertiary/aromatic N) is 1. The number of likely N-dealkylation sites (N-methyl/N-ethyl adjacent to an activating group) is 1. The zero-order valence-corrected chi connectivity index (χ0v) is 9.69. The van der Waals surface area contributed by atoms with Crippen LogP contribution in [0.3, 0.4) is 0 Å². The van der Waals surface area contributed by atoms with Crippen LogP contribution < -0.4 is 4.72 Å². The molecule has 13 heavy (non-hydrogen) atoms. The van der Waals surface area contributed by atoms with Gasteiger partial charge in [0.2, 0.25) is 10.0 Å². The summed E-state index contributed by atoms with van der Waals surface area (Å²) >= 11 is 0. The van der Waals surface area contributed by atoms with Crippen molar-refractivity contribution in [2.75, 3.05) is 25.9 Å². The highest BCUT2D eigenvalue weighted by atomic mass is 32.2. The number of nitrogens with one attached hydrogen (secondary N) is 1. The van der Waals surface area contributed by atoms with Gasteiger partial charge in [0.15, 0.2) is 0 Å². The van der Waals surface area contributed by atoms with Crippen LogP contribution in [0, 0.1) is 0 Å². The lowest BCUT2D eigenvalue weighted by Gasteiger charge is -2.26. The maximum atomic E-state index is 10.8. The Hall–Kier alpha value is -0.130. The van der Waals surface area contributed by atoms with Gasteiger partial charge in [0.25, 0.3) is 0 Å². The van der Waals surface area contributed by atoms with E-state index in [1.807, 2.05) is 6.92 Å². The van der Waals surface area contributed by atoms with Crippen LogP contribution in [-0.2, 0) is 10.0 Å². The van der Waals surface area contributed by atoms with E-state index in [0.717, 1.165) is 13.1 Å². The standard InChI is InChI=1S/C8H20N2O2S/c1-5-10(6-2)8(3)7-9-13(4,11)12/h8-9H,5-7H2,1-4H3. The summed E-state index contributed by atoms with van der Waals surface area (Å²) in [6.45, 7) is 8.54. The number of hydrogen-bond acceptors (Lipinski definition) is 3. The molecule has 5 heteroatoms. The van der Waals surface area contributed by atoms with E-state index in [9.17, 15) is 8.42 Å². The first-order chi connectivity index (χ1) is 5.90. The van der Waals surface area contributed by atoms with Crippen molar-refractivity contribution >= 4 is 10.0 Å². The first-order valence-corrected chi connectivity index (χ1v) is 6.48. The second kappa shape index (κ2) is 5.57. The first kappa shape index (κ1) is 12.9. The molecule has 0 bridgehead atoms. The monoisotopic (exact) mass is 208 g/mol. The summed E-state index contributed by atoms with van der Waals surface area (Å²) in [4.78, 5) is 2.21. The Morgan fingerprint density at radius 3 is 2.08 bits per heavy atom. The Morgan fingerprint density at radius 1 is 1.31 bits per heavy atom. The van der Waals surface area contributed by atoms with Gasteiger partial charge in [-0.15, -0.1) is 0 Å². The van der Waals surface area contributed by atoms with E-state index in [4.69, 9.17) is 0 Å². The fourth-order valence-corrected chi connectivity index (χ4v) is 1.79. The molecule has 4 nitrogen and oxygen atoms in total. The van der Waals surface area contributed by atoms with Gasteiger partial charge in [-0.25, -0.2) is 13.1 Å². The van der Waals surface area contributed by atoms with E-state index in [0.29, 0.717) is 6.54 Å². The van der Waals surface area contributed by atoms with Crippen LogP contribution in [0.2, 0.25) is 0 Å². The Labute approximate surface area is 81.4 Å². The van der Waals surface area contributed by atoms with Crippen LogP contribution in [-0.4, -0.2) is 45.2 Å². The average molecular weight is 208 g/mol. The molecule has 1 N–H and O–H groups in total. The van der Waals surface area contributed by atoms with Crippen molar-refractivity contribution in [1.29, 1.82) is 0 Å². The van der Waals surface area contributed by atoms with E-state index in [2.05, 4.69) is 23.5 Å². The molecule has 0 saturated heterocycles. The molecule has 0 radical (unpaired) electrons. The maximum absolute atomic E-state index is 10.8. The van der Waals surface area contributed by atoms with Crippen LogP contribution in [0.15, 0.2) is 0 Å².